The molecule has 0 aliphatic carbocycles. The van der Waals surface area contributed by atoms with Crippen LogP contribution in [0.25, 0.3) is 0 Å². The Balaban J connectivity index is 2.61. The minimum atomic E-state index is -4.72. The summed E-state index contributed by atoms with van der Waals surface area (Å²) in [7, 11) is 1.69. The summed E-state index contributed by atoms with van der Waals surface area (Å²) in [6.45, 7) is 0.693. The summed E-state index contributed by atoms with van der Waals surface area (Å²) in [5.74, 6) is -1.02. The Labute approximate surface area is 96.6 Å². The van der Waals surface area contributed by atoms with E-state index in [4.69, 9.17) is 5.73 Å². The van der Waals surface area contributed by atoms with Crippen molar-refractivity contribution in [1.82, 2.24) is 9.78 Å². The molecule has 0 amide bonds. The van der Waals surface area contributed by atoms with Gasteiger partial charge in [0.2, 0.25) is 0 Å². The highest BCUT2D eigenvalue weighted by Gasteiger charge is 2.52. The van der Waals surface area contributed by atoms with E-state index in [0.29, 0.717) is 12.5 Å². The zero-order valence-electron chi connectivity index (χ0n) is 9.58. The molecular weight excluding hydrogens is 235 g/mol. The zero-order chi connectivity index (χ0) is 13.3. The average Bonchev–Trinajstić information content (AvgIpc) is 2.58. The number of halogens is 3. The maximum Gasteiger partial charge on any atom is 0.413 e. The lowest BCUT2D eigenvalue weighted by molar-refractivity contribution is -0.186. The van der Waals surface area contributed by atoms with Crippen molar-refractivity contribution in [3.05, 3.63) is 18.0 Å². The first-order valence-electron chi connectivity index (χ1n) is 5.01. The molecule has 2 N–H and O–H groups in total. The number of nitrogens with two attached hydrogens (primary N) is 1. The van der Waals surface area contributed by atoms with Gasteiger partial charge < -0.3 is 5.73 Å². The van der Waals surface area contributed by atoms with Crippen LogP contribution in [0.4, 0.5) is 13.2 Å². The summed E-state index contributed by atoms with van der Waals surface area (Å²) in [6, 6.07) is 0. The van der Waals surface area contributed by atoms with Crippen molar-refractivity contribution in [2.45, 2.75) is 31.5 Å². The molecular formula is C10H14F3N3O. The van der Waals surface area contributed by atoms with Gasteiger partial charge in [0.05, 0.1) is 6.20 Å². The molecule has 17 heavy (non-hydrogen) atoms. The van der Waals surface area contributed by atoms with Gasteiger partial charge in [0.1, 0.15) is 0 Å². The third-order valence-electron chi connectivity index (χ3n) is 2.57. The molecule has 1 aromatic heterocycles. The summed E-state index contributed by atoms with van der Waals surface area (Å²) in [5.41, 5.74) is 2.94. The van der Waals surface area contributed by atoms with Crippen molar-refractivity contribution in [1.29, 1.82) is 0 Å². The Morgan fingerprint density at radius 2 is 2.12 bits per heavy atom. The first-order chi connectivity index (χ1) is 7.64. The lowest BCUT2D eigenvalue weighted by Gasteiger charge is -2.25. The number of aromatic nitrogens is 2. The Kier molecular flexibility index (Phi) is 3.61. The molecule has 1 atom stereocenters. The number of hydrogen-bond donors (Lipinski definition) is 1. The Morgan fingerprint density at radius 1 is 1.53 bits per heavy atom. The van der Waals surface area contributed by atoms with E-state index in [-0.39, 0.29) is 12.8 Å². The van der Waals surface area contributed by atoms with Crippen LogP contribution in [0.3, 0.4) is 0 Å². The van der Waals surface area contributed by atoms with E-state index in [1.165, 1.54) is 10.9 Å². The molecule has 96 valence electrons. The fraction of sp³-hybridized carbons (Fsp3) is 0.600. The smallest absolute Gasteiger partial charge is 0.312 e. The van der Waals surface area contributed by atoms with Crippen molar-refractivity contribution in [3.8, 4) is 0 Å². The van der Waals surface area contributed by atoms with Gasteiger partial charge in [0.25, 0.3) is 0 Å². The van der Waals surface area contributed by atoms with Crippen LogP contribution >= 0.6 is 0 Å². The van der Waals surface area contributed by atoms with E-state index >= 15 is 0 Å². The van der Waals surface area contributed by atoms with Gasteiger partial charge in [-0.1, -0.05) is 0 Å². The van der Waals surface area contributed by atoms with Gasteiger partial charge in [-0.15, -0.1) is 0 Å². The van der Waals surface area contributed by atoms with E-state index in [0.717, 1.165) is 0 Å². The molecule has 4 nitrogen and oxygen atoms in total. The zero-order valence-corrected chi connectivity index (χ0v) is 9.58. The van der Waals surface area contributed by atoms with Crippen LogP contribution in [-0.4, -0.2) is 27.3 Å². The van der Waals surface area contributed by atoms with E-state index in [2.05, 4.69) is 5.10 Å². The van der Waals surface area contributed by atoms with Gasteiger partial charge in [-0.25, -0.2) is 0 Å². The normalized spacial score (nSPS) is 15.6. The highest BCUT2D eigenvalue weighted by Crippen LogP contribution is 2.29. The SMILES string of the molecule is Cn1cc(CCC(=O)C(C)(N)C(F)(F)F)cn1. The number of nitrogens with zero attached hydrogens (tertiary/aromatic N) is 2. The van der Waals surface area contributed by atoms with E-state index in [9.17, 15) is 18.0 Å². The Morgan fingerprint density at radius 3 is 2.53 bits per heavy atom. The highest BCUT2D eigenvalue weighted by atomic mass is 19.4. The van der Waals surface area contributed by atoms with Crippen LogP contribution in [0.2, 0.25) is 0 Å². The number of carbonyl (C=O) groups is 1. The highest BCUT2D eigenvalue weighted by molar-refractivity contribution is 5.88. The van der Waals surface area contributed by atoms with Gasteiger partial charge >= 0.3 is 6.18 Å². The van der Waals surface area contributed by atoms with E-state index in [1.807, 2.05) is 0 Å². The van der Waals surface area contributed by atoms with Crippen LogP contribution in [0.5, 0.6) is 0 Å². The van der Waals surface area contributed by atoms with Crippen LogP contribution in [-0.2, 0) is 18.3 Å². The number of ketones is 1. The lowest BCUT2D eigenvalue weighted by atomic mass is 9.93. The van der Waals surface area contributed by atoms with Crippen LogP contribution in [0.15, 0.2) is 12.4 Å². The molecule has 0 aliphatic rings. The summed E-state index contributed by atoms with van der Waals surface area (Å²) in [5, 5.41) is 3.86. The molecule has 0 saturated heterocycles. The van der Waals surface area contributed by atoms with Crippen LogP contribution < -0.4 is 5.73 Å². The van der Waals surface area contributed by atoms with Crippen LogP contribution in [0.1, 0.15) is 18.9 Å². The predicted molar refractivity (Wildman–Crippen MR) is 55.2 cm³/mol. The van der Waals surface area contributed by atoms with Crippen molar-refractivity contribution in [3.63, 3.8) is 0 Å². The number of alkyl halides is 3. The second-order valence-corrected chi connectivity index (χ2v) is 4.15. The minimum Gasteiger partial charge on any atom is -0.312 e. The first kappa shape index (κ1) is 13.7. The third-order valence-corrected chi connectivity index (χ3v) is 2.57. The van der Waals surface area contributed by atoms with Crippen molar-refractivity contribution in [2.75, 3.05) is 0 Å². The molecule has 1 heterocycles. The lowest BCUT2D eigenvalue weighted by Crippen LogP contribution is -2.57. The van der Waals surface area contributed by atoms with Gasteiger partial charge in [-0.2, -0.15) is 18.3 Å². The standard InChI is InChI=1S/C10H14F3N3O/c1-9(14,10(11,12)13)8(17)4-3-7-5-15-16(2)6-7/h5-6H,3-4,14H2,1-2H3. The van der Waals surface area contributed by atoms with Gasteiger partial charge in [0.15, 0.2) is 11.3 Å². The molecule has 0 aromatic carbocycles. The monoisotopic (exact) mass is 249 g/mol. The molecule has 0 radical (unpaired) electrons. The predicted octanol–water partition coefficient (Wildman–Crippen LogP) is 1.20. The van der Waals surface area contributed by atoms with Crippen molar-refractivity contribution < 1.29 is 18.0 Å². The number of hydrogen-bond acceptors (Lipinski definition) is 3. The molecule has 0 bridgehead atoms. The summed E-state index contributed by atoms with van der Waals surface area (Å²) in [4.78, 5) is 11.4. The summed E-state index contributed by atoms with van der Waals surface area (Å²) >= 11 is 0. The maximum atomic E-state index is 12.5. The van der Waals surface area contributed by atoms with Crippen LogP contribution in [0, 0.1) is 0 Å². The largest absolute Gasteiger partial charge is 0.413 e. The molecule has 7 heteroatoms. The van der Waals surface area contributed by atoms with E-state index in [1.54, 1.807) is 13.2 Å². The molecule has 0 aliphatic heterocycles. The van der Waals surface area contributed by atoms with Crippen molar-refractivity contribution >= 4 is 5.78 Å². The third kappa shape index (κ3) is 3.06. The number of Topliss-reactive ketones (excluding diaryl/α,β-unsaturated/α-hetero) is 1. The fourth-order valence-electron chi connectivity index (χ4n) is 1.28. The topological polar surface area (TPSA) is 60.9 Å². The average molecular weight is 249 g/mol. The van der Waals surface area contributed by atoms with Crippen molar-refractivity contribution in [2.24, 2.45) is 12.8 Å². The number of rotatable bonds is 4. The number of aryl methyl sites for hydroxylation is 2. The van der Waals surface area contributed by atoms with E-state index < -0.39 is 17.5 Å². The Hall–Kier alpha value is -1.37. The Bertz CT molecular complexity index is 409. The second kappa shape index (κ2) is 4.48. The molecule has 0 spiro atoms. The summed E-state index contributed by atoms with van der Waals surface area (Å²) < 4.78 is 38.9. The molecule has 1 unspecified atom stereocenters. The summed E-state index contributed by atoms with van der Waals surface area (Å²) in [6.07, 6.45) is -1.61. The first-order valence-corrected chi connectivity index (χ1v) is 5.01. The molecule has 0 fully saturated rings. The van der Waals surface area contributed by atoms with Gasteiger partial charge in [0, 0.05) is 19.7 Å². The molecule has 1 rings (SSSR count). The fourth-order valence-corrected chi connectivity index (χ4v) is 1.28. The maximum absolute atomic E-state index is 12.5. The molecule has 1 aromatic rings. The number of carbonyl (C=O) groups excluding carboxylic acids is 1. The van der Waals surface area contributed by atoms with Gasteiger partial charge in [-0.05, 0) is 18.9 Å². The quantitative estimate of drug-likeness (QED) is 0.872. The molecule has 0 saturated carbocycles. The van der Waals surface area contributed by atoms with Gasteiger partial charge in [-0.3, -0.25) is 9.48 Å². The minimum absolute atomic E-state index is 0.204. The second-order valence-electron chi connectivity index (χ2n) is 4.15.